The van der Waals surface area contributed by atoms with Gasteiger partial charge in [-0.3, -0.25) is 4.79 Å². The second kappa shape index (κ2) is 9.26. The Bertz CT molecular complexity index is 634. The lowest BCUT2D eigenvalue weighted by Crippen LogP contribution is -2.42. The fourth-order valence-corrected chi connectivity index (χ4v) is 3.55. The minimum absolute atomic E-state index is 0.131. The zero-order valence-electron chi connectivity index (χ0n) is 14.9. The number of nitrogens with one attached hydrogen (secondary N) is 1. The SMILES string of the molecule is O=C(CN(Cc1ccccc1)c1ccccc1)NC1CCCCCC1. The Hall–Kier alpha value is -2.29. The molecule has 2 aromatic rings. The van der Waals surface area contributed by atoms with Gasteiger partial charge in [0.1, 0.15) is 0 Å². The monoisotopic (exact) mass is 336 g/mol. The molecule has 1 aliphatic carbocycles. The van der Waals surface area contributed by atoms with E-state index in [0.29, 0.717) is 12.6 Å². The minimum Gasteiger partial charge on any atom is -0.358 e. The number of benzene rings is 2. The van der Waals surface area contributed by atoms with Crippen molar-refractivity contribution in [2.24, 2.45) is 0 Å². The number of anilines is 1. The van der Waals surface area contributed by atoms with Crippen molar-refractivity contribution in [2.75, 3.05) is 11.4 Å². The van der Waals surface area contributed by atoms with Crippen LogP contribution >= 0.6 is 0 Å². The summed E-state index contributed by atoms with van der Waals surface area (Å²) in [5, 5.41) is 3.26. The summed E-state index contributed by atoms with van der Waals surface area (Å²) in [5.41, 5.74) is 2.30. The van der Waals surface area contributed by atoms with Crippen LogP contribution in [0.5, 0.6) is 0 Å². The summed E-state index contributed by atoms with van der Waals surface area (Å²) in [5.74, 6) is 0.131. The number of para-hydroxylation sites is 1. The number of carbonyl (C=O) groups is 1. The second-order valence-electron chi connectivity index (χ2n) is 6.93. The zero-order chi connectivity index (χ0) is 17.3. The molecule has 1 amide bonds. The lowest BCUT2D eigenvalue weighted by molar-refractivity contribution is -0.120. The van der Waals surface area contributed by atoms with E-state index in [-0.39, 0.29) is 5.91 Å². The van der Waals surface area contributed by atoms with Crippen molar-refractivity contribution in [3.63, 3.8) is 0 Å². The minimum atomic E-state index is 0.131. The quantitative estimate of drug-likeness (QED) is 0.786. The first-order valence-electron chi connectivity index (χ1n) is 9.44. The van der Waals surface area contributed by atoms with E-state index in [1.54, 1.807) is 0 Å². The number of hydrogen-bond acceptors (Lipinski definition) is 2. The van der Waals surface area contributed by atoms with E-state index in [4.69, 9.17) is 0 Å². The van der Waals surface area contributed by atoms with Crippen LogP contribution in [0, 0.1) is 0 Å². The van der Waals surface area contributed by atoms with Gasteiger partial charge in [-0.15, -0.1) is 0 Å². The van der Waals surface area contributed by atoms with Crippen LogP contribution in [0.3, 0.4) is 0 Å². The maximum atomic E-state index is 12.6. The molecule has 3 nitrogen and oxygen atoms in total. The summed E-state index contributed by atoms with van der Waals surface area (Å²) in [6.45, 7) is 1.14. The molecule has 0 aliphatic heterocycles. The maximum Gasteiger partial charge on any atom is 0.239 e. The smallest absolute Gasteiger partial charge is 0.239 e. The highest BCUT2D eigenvalue weighted by atomic mass is 16.2. The van der Waals surface area contributed by atoms with Gasteiger partial charge in [-0.05, 0) is 30.5 Å². The third kappa shape index (κ3) is 5.63. The van der Waals surface area contributed by atoms with Gasteiger partial charge in [0.15, 0.2) is 0 Å². The standard InChI is InChI=1S/C22H28N2O/c25-22(23-20-13-7-1-2-8-14-20)18-24(21-15-9-4-10-16-21)17-19-11-5-3-6-12-19/h3-6,9-12,15-16,20H,1-2,7-8,13-14,17-18H2,(H,23,25). The van der Waals surface area contributed by atoms with Crippen LogP contribution in [-0.2, 0) is 11.3 Å². The molecular formula is C22H28N2O. The average molecular weight is 336 g/mol. The molecule has 1 saturated carbocycles. The van der Waals surface area contributed by atoms with Gasteiger partial charge in [-0.25, -0.2) is 0 Å². The molecule has 2 aromatic carbocycles. The Morgan fingerprint density at radius 3 is 2.12 bits per heavy atom. The first kappa shape index (κ1) is 17.5. The van der Waals surface area contributed by atoms with E-state index >= 15 is 0 Å². The molecule has 25 heavy (non-hydrogen) atoms. The normalized spacial score (nSPS) is 15.4. The van der Waals surface area contributed by atoms with Crippen LogP contribution in [0.1, 0.15) is 44.1 Å². The number of hydrogen-bond donors (Lipinski definition) is 1. The van der Waals surface area contributed by atoms with E-state index < -0.39 is 0 Å². The molecule has 132 valence electrons. The van der Waals surface area contributed by atoms with Gasteiger partial charge >= 0.3 is 0 Å². The van der Waals surface area contributed by atoms with Crippen LogP contribution in [0.15, 0.2) is 60.7 Å². The lowest BCUT2D eigenvalue weighted by atomic mass is 10.1. The van der Waals surface area contributed by atoms with E-state index in [1.165, 1.54) is 31.2 Å². The second-order valence-corrected chi connectivity index (χ2v) is 6.93. The summed E-state index contributed by atoms with van der Waals surface area (Å²) in [6, 6.07) is 20.9. The van der Waals surface area contributed by atoms with Gasteiger partial charge < -0.3 is 10.2 Å². The van der Waals surface area contributed by atoms with Crippen molar-refractivity contribution >= 4 is 11.6 Å². The summed E-state index contributed by atoms with van der Waals surface area (Å²) >= 11 is 0. The number of carbonyl (C=O) groups excluding carboxylic acids is 1. The van der Waals surface area contributed by atoms with Crippen molar-refractivity contribution in [3.05, 3.63) is 66.2 Å². The Kier molecular flexibility index (Phi) is 6.49. The molecule has 3 heteroatoms. The maximum absolute atomic E-state index is 12.6. The summed E-state index contributed by atoms with van der Waals surface area (Å²) in [6.07, 6.45) is 7.31. The van der Waals surface area contributed by atoms with Gasteiger partial charge in [0, 0.05) is 18.3 Å². The van der Waals surface area contributed by atoms with Crippen molar-refractivity contribution in [3.8, 4) is 0 Å². The average Bonchev–Trinajstić information content (AvgIpc) is 2.91. The molecule has 0 radical (unpaired) electrons. The van der Waals surface area contributed by atoms with Crippen molar-refractivity contribution < 1.29 is 4.79 Å². The van der Waals surface area contributed by atoms with Crippen LogP contribution < -0.4 is 10.2 Å². The summed E-state index contributed by atoms with van der Waals surface area (Å²) in [7, 11) is 0. The van der Waals surface area contributed by atoms with Crippen molar-refractivity contribution in [1.82, 2.24) is 5.32 Å². The molecule has 0 spiro atoms. The number of rotatable bonds is 6. The van der Waals surface area contributed by atoms with Crippen LogP contribution in [0.4, 0.5) is 5.69 Å². The van der Waals surface area contributed by atoms with Crippen LogP contribution in [0.25, 0.3) is 0 Å². The van der Waals surface area contributed by atoms with Gasteiger partial charge in [-0.2, -0.15) is 0 Å². The number of nitrogens with zero attached hydrogens (tertiary/aromatic N) is 1. The molecule has 1 aliphatic rings. The van der Waals surface area contributed by atoms with E-state index in [1.807, 2.05) is 36.4 Å². The molecule has 0 bridgehead atoms. The highest BCUT2D eigenvalue weighted by Gasteiger charge is 2.17. The Balaban J connectivity index is 1.65. The molecular weight excluding hydrogens is 308 g/mol. The first-order chi connectivity index (χ1) is 12.3. The van der Waals surface area contributed by atoms with Crippen LogP contribution in [-0.4, -0.2) is 18.5 Å². The van der Waals surface area contributed by atoms with E-state index in [9.17, 15) is 4.79 Å². The van der Waals surface area contributed by atoms with Gasteiger partial charge in [0.05, 0.1) is 6.54 Å². The van der Waals surface area contributed by atoms with E-state index in [0.717, 1.165) is 25.1 Å². The van der Waals surface area contributed by atoms with Crippen molar-refractivity contribution in [2.45, 2.75) is 51.1 Å². The molecule has 0 saturated heterocycles. The fraction of sp³-hybridized carbons (Fsp3) is 0.409. The van der Waals surface area contributed by atoms with Gasteiger partial charge in [0.2, 0.25) is 5.91 Å². The molecule has 0 unspecified atom stereocenters. The third-order valence-corrected chi connectivity index (χ3v) is 4.89. The highest BCUT2D eigenvalue weighted by Crippen LogP contribution is 2.19. The first-order valence-corrected chi connectivity index (χ1v) is 9.44. The lowest BCUT2D eigenvalue weighted by Gasteiger charge is -2.26. The molecule has 0 atom stereocenters. The molecule has 0 aromatic heterocycles. The fourth-order valence-electron chi connectivity index (χ4n) is 3.55. The molecule has 1 fully saturated rings. The third-order valence-electron chi connectivity index (χ3n) is 4.89. The number of amides is 1. The van der Waals surface area contributed by atoms with Gasteiger partial charge in [0.25, 0.3) is 0 Å². The molecule has 1 N–H and O–H groups in total. The van der Waals surface area contributed by atoms with Crippen LogP contribution in [0.2, 0.25) is 0 Å². The highest BCUT2D eigenvalue weighted by molar-refractivity contribution is 5.81. The predicted molar refractivity (Wildman–Crippen MR) is 104 cm³/mol. The van der Waals surface area contributed by atoms with Crippen molar-refractivity contribution in [1.29, 1.82) is 0 Å². The van der Waals surface area contributed by atoms with E-state index in [2.05, 4.69) is 34.5 Å². The Morgan fingerprint density at radius 1 is 0.880 bits per heavy atom. The molecule has 0 heterocycles. The Morgan fingerprint density at radius 2 is 1.48 bits per heavy atom. The zero-order valence-corrected chi connectivity index (χ0v) is 14.9. The largest absolute Gasteiger partial charge is 0.358 e. The van der Waals surface area contributed by atoms with Gasteiger partial charge in [-0.1, -0.05) is 74.2 Å². The Labute approximate surface area is 151 Å². The summed E-state index contributed by atoms with van der Waals surface area (Å²) in [4.78, 5) is 14.8. The molecule has 3 rings (SSSR count). The summed E-state index contributed by atoms with van der Waals surface area (Å²) < 4.78 is 0. The topological polar surface area (TPSA) is 32.3 Å². The predicted octanol–water partition coefficient (Wildman–Crippen LogP) is 4.53.